The molecule has 0 saturated carbocycles. The molecule has 5 nitrogen and oxygen atoms in total. The van der Waals surface area contributed by atoms with Crippen LogP contribution >= 0.6 is 0 Å². The molecule has 1 aromatic heterocycles. The van der Waals surface area contributed by atoms with E-state index < -0.39 is 5.91 Å². The Morgan fingerprint density at radius 1 is 0.955 bits per heavy atom. The Morgan fingerprint density at radius 2 is 1.45 bits per heavy atom. The van der Waals surface area contributed by atoms with E-state index in [0.29, 0.717) is 0 Å². The van der Waals surface area contributed by atoms with Gasteiger partial charge in [-0.25, -0.2) is 4.98 Å². The first-order chi connectivity index (χ1) is 10.7. The van der Waals surface area contributed by atoms with Crippen LogP contribution in [0.25, 0.3) is 0 Å². The van der Waals surface area contributed by atoms with Gasteiger partial charge in [0, 0.05) is 0 Å². The summed E-state index contributed by atoms with van der Waals surface area (Å²) in [5.74, 6) is -0.360. The lowest BCUT2D eigenvalue weighted by Gasteiger charge is -2.21. The van der Waals surface area contributed by atoms with Crippen LogP contribution in [0.4, 0.5) is 5.82 Å². The zero-order valence-corrected chi connectivity index (χ0v) is 11.9. The maximum Gasteiger partial charge on any atom is 0.271 e. The molecule has 0 aliphatic heterocycles. The monoisotopic (exact) mass is 292 g/mol. The summed E-state index contributed by atoms with van der Waals surface area (Å²) in [6.45, 7) is 0. The highest BCUT2D eigenvalue weighted by atomic mass is 16.1. The van der Waals surface area contributed by atoms with Crippen molar-refractivity contribution in [3.63, 3.8) is 0 Å². The summed E-state index contributed by atoms with van der Waals surface area (Å²) in [5, 5.41) is 0. The molecule has 0 radical (unpaired) electrons. The highest BCUT2D eigenvalue weighted by Crippen LogP contribution is 2.29. The highest BCUT2D eigenvalue weighted by molar-refractivity contribution is 5.95. The number of nitrogens with two attached hydrogens (primary N) is 2. The minimum atomic E-state index is -0.629. The van der Waals surface area contributed by atoms with Gasteiger partial charge in [0.05, 0.1) is 12.4 Å². The summed E-state index contributed by atoms with van der Waals surface area (Å²) in [6.07, 6.45) is 1.56. The fraction of sp³-hybridized carbons (Fsp3) is 0.0588. The van der Waals surface area contributed by atoms with Crippen LogP contribution in [0.3, 0.4) is 0 Å². The number of amides is 1. The average molecular weight is 292 g/mol. The average Bonchev–Trinajstić information content (AvgIpc) is 2.92. The first-order valence-corrected chi connectivity index (χ1v) is 6.90. The Bertz CT molecular complexity index is 741. The predicted octanol–water partition coefficient (Wildman–Crippen LogP) is 2.20. The van der Waals surface area contributed by atoms with E-state index in [1.54, 1.807) is 10.9 Å². The number of aromatic nitrogens is 2. The number of anilines is 1. The number of hydrogen-bond donors (Lipinski definition) is 2. The van der Waals surface area contributed by atoms with Gasteiger partial charge in [-0.1, -0.05) is 60.7 Å². The van der Waals surface area contributed by atoms with E-state index in [1.807, 2.05) is 60.7 Å². The van der Waals surface area contributed by atoms with Crippen molar-refractivity contribution in [3.8, 4) is 0 Å². The third-order valence-corrected chi connectivity index (χ3v) is 3.57. The minimum absolute atomic E-state index is 0.0943. The van der Waals surface area contributed by atoms with Crippen molar-refractivity contribution >= 4 is 11.7 Å². The summed E-state index contributed by atoms with van der Waals surface area (Å²) in [6, 6.07) is 19.7. The first kappa shape index (κ1) is 13.9. The second kappa shape index (κ2) is 5.73. The molecule has 4 N–H and O–H groups in total. The Kier molecular flexibility index (Phi) is 3.62. The molecular formula is C17H16N4O. The zero-order valence-electron chi connectivity index (χ0n) is 11.9. The molecule has 22 heavy (non-hydrogen) atoms. The van der Waals surface area contributed by atoms with Gasteiger partial charge < -0.3 is 16.0 Å². The van der Waals surface area contributed by atoms with Gasteiger partial charge in [-0.3, -0.25) is 4.79 Å². The molecular weight excluding hydrogens is 276 g/mol. The van der Waals surface area contributed by atoms with Gasteiger partial charge in [-0.15, -0.1) is 0 Å². The minimum Gasteiger partial charge on any atom is -0.383 e. The van der Waals surface area contributed by atoms with E-state index in [-0.39, 0.29) is 17.6 Å². The normalized spacial score (nSPS) is 10.8. The molecule has 0 bridgehead atoms. The van der Waals surface area contributed by atoms with E-state index in [2.05, 4.69) is 4.98 Å². The summed E-state index contributed by atoms with van der Waals surface area (Å²) in [4.78, 5) is 15.4. The molecule has 0 atom stereocenters. The van der Waals surface area contributed by atoms with Crippen LogP contribution in [-0.4, -0.2) is 15.5 Å². The lowest BCUT2D eigenvalue weighted by atomic mass is 9.98. The molecule has 1 amide bonds. The SMILES string of the molecule is NC(=O)c1ncn(C(c2ccccc2)c2ccccc2)c1N. The molecule has 0 fully saturated rings. The van der Waals surface area contributed by atoms with E-state index in [1.165, 1.54) is 0 Å². The fourth-order valence-electron chi connectivity index (χ4n) is 2.55. The number of imidazole rings is 1. The molecule has 0 spiro atoms. The third kappa shape index (κ3) is 2.44. The van der Waals surface area contributed by atoms with Gasteiger partial charge in [0.1, 0.15) is 5.82 Å². The van der Waals surface area contributed by atoms with Gasteiger partial charge >= 0.3 is 0 Å². The Balaban J connectivity index is 2.17. The number of nitrogens with zero attached hydrogens (tertiary/aromatic N) is 2. The molecule has 3 rings (SSSR count). The highest BCUT2D eigenvalue weighted by Gasteiger charge is 2.21. The van der Waals surface area contributed by atoms with Crippen LogP contribution in [0.2, 0.25) is 0 Å². The maximum atomic E-state index is 11.4. The number of rotatable bonds is 4. The van der Waals surface area contributed by atoms with Crippen molar-refractivity contribution in [1.82, 2.24) is 9.55 Å². The molecule has 0 unspecified atom stereocenters. The first-order valence-electron chi connectivity index (χ1n) is 6.90. The Labute approximate surface area is 128 Å². The molecule has 5 heteroatoms. The van der Waals surface area contributed by atoms with Crippen molar-refractivity contribution in [2.45, 2.75) is 6.04 Å². The van der Waals surface area contributed by atoms with Crippen molar-refractivity contribution in [2.24, 2.45) is 5.73 Å². The molecule has 0 saturated heterocycles. The van der Waals surface area contributed by atoms with E-state index in [4.69, 9.17) is 11.5 Å². The van der Waals surface area contributed by atoms with E-state index in [9.17, 15) is 4.79 Å². The lowest BCUT2D eigenvalue weighted by molar-refractivity contribution is 0.0997. The Morgan fingerprint density at radius 3 is 1.86 bits per heavy atom. The third-order valence-electron chi connectivity index (χ3n) is 3.57. The molecule has 3 aromatic rings. The summed E-state index contributed by atoms with van der Waals surface area (Å²) >= 11 is 0. The topological polar surface area (TPSA) is 86.9 Å². The fourth-order valence-corrected chi connectivity index (χ4v) is 2.55. The van der Waals surface area contributed by atoms with Crippen LogP contribution in [-0.2, 0) is 0 Å². The van der Waals surface area contributed by atoms with Gasteiger partial charge in [0.2, 0.25) is 0 Å². The van der Waals surface area contributed by atoms with Crippen LogP contribution < -0.4 is 11.5 Å². The lowest BCUT2D eigenvalue weighted by Crippen LogP contribution is -2.17. The number of benzene rings is 2. The molecule has 0 aliphatic rings. The summed E-state index contributed by atoms with van der Waals surface area (Å²) in [7, 11) is 0. The number of primary amides is 1. The van der Waals surface area contributed by atoms with Crippen LogP contribution in [0, 0.1) is 0 Å². The van der Waals surface area contributed by atoms with Crippen molar-refractivity contribution in [2.75, 3.05) is 5.73 Å². The standard InChI is InChI=1S/C17H16N4O/c18-16-14(17(19)22)20-11-21(16)15(12-7-3-1-4-8-12)13-9-5-2-6-10-13/h1-11,15H,18H2,(H2,19,22). The smallest absolute Gasteiger partial charge is 0.271 e. The van der Waals surface area contributed by atoms with Crippen LogP contribution in [0.15, 0.2) is 67.0 Å². The molecule has 110 valence electrons. The number of carbonyl (C=O) groups excluding carboxylic acids is 1. The van der Waals surface area contributed by atoms with Gasteiger partial charge in [0.15, 0.2) is 5.69 Å². The second-order valence-electron chi connectivity index (χ2n) is 4.97. The zero-order chi connectivity index (χ0) is 15.5. The summed E-state index contributed by atoms with van der Waals surface area (Å²) in [5.41, 5.74) is 13.6. The molecule has 2 aromatic carbocycles. The number of hydrogen-bond acceptors (Lipinski definition) is 3. The maximum absolute atomic E-state index is 11.4. The molecule has 0 aliphatic carbocycles. The van der Waals surface area contributed by atoms with E-state index >= 15 is 0 Å². The van der Waals surface area contributed by atoms with Crippen molar-refractivity contribution in [3.05, 3.63) is 83.8 Å². The Hall–Kier alpha value is -3.08. The number of carbonyl (C=O) groups is 1. The summed E-state index contributed by atoms with van der Waals surface area (Å²) < 4.78 is 1.77. The van der Waals surface area contributed by atoms with E-state index in [0.717, 1.165) is 11.1 Å². The van der Waals surface area contributed by atoms with Gasteiger partial charge in [-0.2, -0.15) is 0 Å². The van der Waals surface area contributed by atoms with Gasteiger partial charge in [0.25, 0.3) is 5.91 Å². The van der Waals surface area contributed by atoms with Crippen LogP contribution in [0.5, 0.6) is 0 Å². The predicted molar refractivity (Wildman–Crippen MR) is 85.3 cm³/mol. The number of nitrogen functional groups attached to an aromatic ring is 1. The largest absolute Gasteiger partial charge is 0.383 e. The van der Waals surface area contributed by atoms with Crippen molar-refractivity contribution < 1.29 is 4.79 Å². The van der Waals surface area contributed by atoms with Crippen molar-refractivity contribution in [1.29, 1.82) is 0 Å². The quantitative estimate of drug-likeness (QED) is 0.772. The molecule has 1 heterocycles. The second-order valence-corrected chi connectivity index (χ2v) is 4.97. The van der Waals surface area contributed by atoms with Gasteiger partial charge in [-0.05, 0) is 11.1 Å². The van der Waals surface area contributed by atoms with Crippen LogP contribution in [0.1, 0.15) is 27.7 Å².